The zero-order valence-corrected chi connectivity index (χ0v) is 66.1. The summed E-state index contributed by atoms with van der Waals surface area (Å²) in [6.07, 6.45) is 127. The molecular weight excluding hydrogens is 1280 g/mol. The molecule has 10 heteroatoms. The van der Waals surface area contributed by atoms with Crippen molar-refractivity contribution in [1.82, 2.24) is 0 Å². The second-order valence-electron chi connectivity index (χ2n) is 27.0. The van der Waals surface area contributed by atoms with Gasteiger partial charge in [0.05, 0.1) is 27.7 Å². The molecule has 0 aliphatic carbocycles. The Kier molecular flexibility index (Phi) is 74.6. The summed E-state index contributed by atoms with van der Waals surface area (Å²) in [7, 11) is 1.44. The zero-order chi connectivity index (χ0) is 74.0. The summed E-state index contributed by atoms with van der Waals surface area (Å²) in [6, 6.07) is 0. The number of likely N-dealkylation sites (N-methyl/N-ethyl adjacent to an activating group) is 1. The van der Waals surface area contributed by atoms with Gasteiger partial charge in [-0.15, -0.1) is 0 Å². The van der Waals surface area contributed by atoms with Crippen LogP contribution in [0.5, 0.6) is 0 Å². The molecule has 0 bridgehead atoms. The van der Waals surface area contributed by atoms with Crippen molar-refractivity contribution in [3.05, 3.63) is 231 Å². The molecule has 2 unspecified atom stereocenters. The highest BCUT2D eigenvalue weighted by atomic mass is 31.2. The first-order valence-corrected chi connectivity index (χ1v) is 41.6. The Morgan fingerprint density at radius 3 is 0.784 bits per heavy atom. The molecule has 0 aromatic heterocycles. The number of quaternary nitrogens is 1. The molecule has 0 heterocycles. The van der Waals surface area contributed by atoms with Gasteiger partial charge >= 0.3 is 19.8 Å². The molecule has 0 spiro atoms. The van der Waals surface area contributed by atoms with E-state index in [-0.39, 0.29) is 32.0 Å². The van der Waals surface area contributed by atoms with E-state index in [1.807, 2.05) is 21.1 Å². The van der Waals surface area contributed by atoms with E-state index in [0.717, 1.165) is 173 Å². The molecule has 0 amide bonds. The van der Waals surface area contributed by atoms with E-state index in [9.17, 15) is 19.0 Å². The summed E-state index contributed by atoms with van der Waals surface area (Å²) >= 11 is 0. The first kappa shape index (κ1) is 96.1. The predicted octanol–water partition coefficient (Wildman–Crippen LogP) is 27.3. The maximum atomic E-state index is 12.9. The number of rotatable bonds is 71. The summed E-state index contributed by atoms with van der Waals surface area (Å²) in [5, 5.41) is 0. The second-order valence-corrected chi connectivity index (χ2v) is 28.4. The fourth-order valence-corrected chi connectivity index (χ4v) is 10.9. The lowest BCUT2D eigenvalue weighted by molar-refractivity contribution is -0.870. The third-order valence-electron chi connectivity index (χ3n) is 16.2. The highest BCUT2D eigenvalue weighted by Crippen LogP contribution is 2.43. The van der Waals surface area contributed by atoms with E-state index in [1.54, 1.807) is 0 Å². The minimum Gasteiger partial charge on any atom is -0.462 e. The summed E-state index contributed by atoms with van der Waals surface area (Å²) in [4.78, 5) is 36.0. The highest BCUT2D eigenvalue weighted by Gasteiger charge is 2.27. The van der Waals surface area contributed by atoms with Crippen molar-refractivity contribution >= 4 is 19.8 Å². The van der Waals surface area contributed by atoms with Crippen LogP contribution >= 0.6 is 7.82 Å². The van der Waals surface area contributed by atoms with Crippen molar-refractivity contribution in [1.29, 1.82) is 0 Å². The van der Waals surface area contributed by atoms with Crippen molar-refractivity contribution in [3.63, 3.8) is 0 Å². The molecule has 0 saturated heterocycles. The lowest BCUT2D eigenvalue weighted by Crippen LogP contribution is -2.37. The summed E-state index contributed by atoms with van der Waals surface area (Å²) in [5.74, 6) is -0.832. The number of hydrogen-bond donors (Lipinski definition) is 1. The van der Waals surface area contributed by atoms with Crippen LogP contribution in [-0.2, 0) is 32.7 Å². The number of allylic oxidation sites excluding steroid dienone is 38. The van der Waals surface area contributed by atoms with Gasteiger partial charge in [0.1, 0.15) is 19.8 Å². The Labute approximate surface area is 626 Å². The topological polar surface area (TPSA) is 108 Å². The number of unbranched alkanes of at least 4 members (excludes halogenated alkanes) is 19. The molecule has 0 aliphatic heterocycles. The van der Waals surface area contributed by atoms with E-state index >= 15 is 0 Å². The molecule has 0 fully saturated rings. The SMILES string of the molecule is CC/C=C\C/C=C\C/C=C\C/C=C\C/C=C\C/C=C\C/C=C\C/C=C\C/C=C\C/C=C\C/C=C\CCCCCCCC(=O)OC(COC(=O)CCCCCCCCCCCCCCCC/C=C\C/C=C\C/C=C\C/C=C\C/C=C\C/C=C\C/C=C\C/C=C\CC)COP(=O)(O)OCC[N+](C)(C)C. The lowest BCUT2D eigenvalue weighted by Gasteiger charge is -2.24. The highest BCUT2D eigenvalue weighted by molar-refractivity contribution is 7.47. The molecule has 0 aromatic rings. The van der Waals surface area contributed by atoms with Crippen molar-refractivity contribution in [2.45, 2.75) is 290 Å². The largest absolute Gasteiger partial charge is 0.472 e. The van der Waals surface area contributed by atoms with Crippen LogP contribution in [0.4, 0.5) is 0 Å². The molecule has 102 heavy (non-hydrogen) atoms. The van der Waals surface area contributed by atoms with Gasteiger partial charge in [0.2, 0.25) is 0 Å². The molecule has 9 nitrogen and oxygen atoms in total. The Hall–Kier alpha value is -5.93. The van der Waals surface area contributed by atoms with E-state index in [1.165, 1.54) is 77.0 Å². The van der Waals surface area contributed by atoms with E-state index < -0.39 is 26.5 Å². The number of phosphoric ester groups is 1. The molecule has 572 valence electrons. The Morgan fingerprint density at radius 1 is 0.304 bits per heavy atom. The van der Waals surface area contributed by atoms with Gasteiger partial charge in [-0.25, -0.2) is 4.57 Å². The molecule has 1 N–H and O–H groups in total. The van der Waals surface area contributed by atoms with Crippen LogP contribution in [0.3, 0.4) is 0 Å². The minimum absolute atomic E-state index is 0.0163. The van der Waals surface area contributed by atoms with Gasteiger partial charge < -0.3 is 18.9 Å². The maximum absolute atomic E-state index is 12.9. The molecule has 0 saturated carbocycles. The van der Waals surface area contributed by atoms with Crippen LogP contribution in [0, 0.1) is 0 Å². The van der Waals surface area contributed by atoms with Crippen LogP contribution in [0.25, 0.3) is 0 Å². The van der Waals surface area contributed by atoms with E-state index in [2.05, 4.69) is 245 Å². The third kappa shape index (κ3) is 83.0. The summed E-state index contributed by atoms with van der Waals surface area (Å²) in [6.45, 7) is 4.16. The smallest absolute Gasteiger partial charge is 0.462 e. The van der Waals surface area contributed by atoms with Crippen molar-refractivity contribution in [3.8, 4) is 0 Å². The fourth-order valence-electron chi connectivity index (χ4n) is 10.2. The average Bonchev–Trinajstić information content (AvgIpc) is 0.914. The van der Waals surface area contributed by atoms with E-state index in [0.29, 0.717) is 17.4 Å². The van der Waals surface area contributed by atoms with Crippen molar-refractivity contribution in [2.75, 3.05) is 47.5 Å². The van der Waals surface area contributed by atoms with Crippen LogP contribution in [0.15, 0.2) is 231 Å². The van der Waals surface area contributed by atoms with Gasteiger partial charge in [0, 0.05) is 12.8 Å². The number of phosphoric acid groups is 1. The molecule has 0 radical (unpaired) electrons. The third-order valence-corrected chi connectivity index (χ3v) is 17.2. The first-order chi connectivity index (χ1) is 50.0. The normalized spacial score (nSPS) is 14.3. The number of nitrogens with zero attached hydrogens (tertiary/aromatic N) is 1. The molecular formula is C92H147NO8P+. The first-order valence-electron chi connectivity index (χ1n) is 40.1. The van der Waals surface area contributed by atoms with Gasteiger partial charge in [-0.3, -0.25) is 18.6 Å². The fraction of sp³-hybridized carbons (Fsp3) is 0.565. The van der Waals surface area contributed by atoms with Crippen LogP contribution in [0.1, 0.15) is 284 Å². The van der Waals surface area contributed by atoms with Gasteiger partial charge in [-0.05, 0) is 161 Å². The van der Waals surface area contributed by atoms with Gasteiger partial charge in [-0.1, -0.05) is 341 Å². The van der Waals surface area contributed by atoms with Crippen LogP contribution < -0.4 is 0 Å². The van der Waals surface area contributed by atoms with Gasteiger partial charge in [0.15, 0.2) is 6.10 Å². The molecule has 0 aliphatic rings. The zero-order valence-electron chi connectivity index (χ0n) is 65.2. The Balaban J connectivity index is 4.12. The average molecular weight is 1430 g/mol. The molecule has 2 atom stereocenters. The summed E-state index contributed by atoms with van der Waals surface area (Å²) < 4.78 is 34.8. The quantitative estimate of drug-likeness (QED) is 0.0211. The van der Waals surface area contributed by atoms with Gasteiger partial charge in [0.25, 0.3) is 0 Å². The van der Waals surface area contributed by atoms with Crippen molar-refractivity contribution in [2.24, 2.45) is 0 Å². The summed E-state index contributed by atoms with van der Waals surface area (Å²) in [5.41, 5.74) is 0. The number of ether oxygens (including phenoxy) is 2. The number of carbonyl (C=O) groups is 2. The Bertz CT molecular complexity index is 2580. The monoisotopic (exact) mass is 1430 g/mol. The van der Waals surface area contributed by atoms with Crippen molar-refractivity contribution < 1.29 is 42.1 Å². The van der Waals surface area contributed by atoms with E-state index in [4.69, 9.17) is 18.5 Å². The molecule has 0 rings (SSSR count). The predicted molar refractivity (Wildman–Crippen MR) is 444 cm³/mol. The number of carbonyl (C=O) groups excluding carboxylic acids is 2. The van der Waals surface area contributed by atoms with Gasteiger partial charge in [-0.2, -0.15) is 0 Å². The lowest BCUT2D eigenvalue weighted by atomic mass is 10.0. The van der Waals surface area contributed by atoms with Crippen LogP contribution in [0.2, 0.25) is 0 Å². The molecule has 0 aromatic carbocycles. The maximum Gasteiger partial charge on any atom is 0.472 e. The standard InChI is InChI=1S/C92H146NO8P/c1-6-8-10-12-14-16-18-20-22-24-26-28-30-32-34-36-38-40-42-44-46-48-50-52-54-56-58-60-62-64-66-68-70-72-74-76-78-80-82-84-91(94)98-88-90(89-100-102(96,97)99-87-86-93(3,4)5)101-92(95)85-83-81-79-77-75-73-71-69-67-65-63-61-59-57-55-53-51-49-47-45-43-41-39-37-35-33-31-29-27-25-23-21-19-17-15-13-11-9-7-2/h8-11,14-17,20-23,26-29,32-35,38-41,44-47,50-53,57,59,63,65,69,71,90H,6-7,12-13,18-19,24-25,30-31,36-37,42-43,48-49,54-56,58,60-62,64,66-68,70,72-89H2,1-5H3/p+1/b10-8-,11-9-,16-14-,17-15-,22-20-,23-21-,28-26-,29-27-,34-32-,35-33-,40-38-,41-39-,46-44-,47-45-,52-50-,53-51-,59-57-,65-63-,71-69-. The Morgan fingerprint density at radius 2 is 0.529 bits per heavy atom. The minimum atomic E-state index is -4.42. The number of hydrogen-bond acceptors (Lipinski definition) is 7. The number of esters is 2. The van der Waals surface area contributed by atoms with Crippen LogP contribution in [-0.4, -0.2) is 74.9 Å². The second kappa shape index (κ2) is 79.2.